The molecule has 2 amide bonds. The highest BCUT2D eigenvalue weighted by Crippen LogP contribution is 2.22. The molecule has 1 atom stereocenters. The molecule has 3 N–H and O–H groups in total. The lowest BCUT2D eigenvalue weighted by Crippen LogP contribution is -2.46. The summed E-state index contributed by atoms with van der Waals surface area (Å²) in [6.45, 7) is 6.72. The molecule has 1 aromatic rings. The van der Waals surface area contributed by atoms with Crippen molar-refractivity contribution in [2.45, 2.75) is 45.3 Å². The van der Waals surface area contributed by atoms with Crippen LogP contribution in [-0.2, 0) is 9.53 Å². The maximum Gasteiger partial charge on any atom is 0.410 e. The van der Waals surface area contributed by atoms with Crippen molar-refractivity contribution < 1.29 is 19.1 Å². The first-order chi connectivity index (χ1) is 11.7. The van der Waals surface area contributed by atoms with Crippen molar-refractivity contribution in [2.75, 3.05) is 25.0 Å². The smallest absolute Gasteiger partial charge is 0.410 e. The minimum Gasteiger partial charge on any atom is -0.484 e. The molecule has 138 valence electrons. The highest BCUT2D eigenvalue weighted by Gasteiger charge is 2.27. The van der Waals surface area contributed by atoms with Gasteiger partial charge in [0.05, 0.1) is 0 Å². The Morgan fingerprint density at radius 1 is 1.36 bits per heavy atom. The summed E-state index contributed by atoms with van der Waals surface area (Å²) in [6, 6.07) is 7.47. The second-order valence-electron chi connectivity index (χ2n) is 7.19. The molecule has 0 aliphatic carbocycles. The molecule has 0 spiro atoms. The number of carbonyl (C=O) groups excluding carboxylic acids is 2. The summed E-state index contributed by atoms with van der Waals surface area (Å²) in [7, 11) is 0. The quantitative estimate of drug-likeness (QED) is 0.851. The van der Waals surface area contributed by atoms with Crippen molar-refractivity contribution in [3.05, 3.63) is 24.3 Å². The van der Waals surface area contributed by atoms with Crippen molar-refractivity contribution in [1.82, 2.24) is 4.90 Å². The number of rotatable bonds is 5. The Morgan fingerprint density at radius 2 is 2.12 bits per heavy atom. The fourth-order valence-electron chi connectivity index (χ4n) is 2.65. The predicted molar refractivity (Wildman–Crippen MR) is 95.6 cm³/mol. The Balaban J connectivity index is 1.92. The van der Waals surface area contributed by atoms with E-state index in [0.717, 1.165) is 18.5 Å². The maximum atomic E-state index is 12.2. The van der Waals surface area contributed by atoms with E-state index in [2.05, 4.69) is 5.32 Å². The molecule has 1 heterocycles. The van der Waals surface area contributed by atoms with E-state index in [9.17, 15) is 9.59 Å². The zero-order valence-electron chi connectivity index (χ0n) is 15.1. The SMILES string of the molecule is CC(C)(C)OC(=O)N1CCCC(Nc2cccc(OCC(N)=O)c2)C1. The number of ether oxygens (including phenoxy) is 2. The summed E-state index contributed by atoms with van der Waals surface area (Å²) in [5.74, 6) is 0.0576. The van der Waals surface area contributed by atoms with Crippen molar-refractivity contribution in [2.24, 2.45) is 5.73 Å². The van der Waals surface area contributed by atoms with Gasteiger partial charge < -0.3 is 25.4 Å². The summed E-state index contributed by atoms with van der Waals surface area (Å²) in [6.07, 6.45) is 1.60. The molecular weight excluding hydrogens is 322 g/mol. The number of hydrogen-bond donors (Lipinski definition) is 2. The number of benzene rings is 1. The molecule has 2 rings (SSSR count). The van der Waals surface area contributed by atoms with E-state index in [1.807, 2.05) is 39.0 Å². The average Bonchev–Trinajstić information content (AvgIpc) is 2.52. The number of piperidine rings is 1. The Labute approximate surface area is 148 Å². The van der Waals surface area contributed by atoms with Gasteiger partial charge in [0.15, 0.2) is 6.61 Å². The molecule has 7 nitrogen and oxygen atoms in total. The minimum absolute atomic E-state index is 0.132. The lowest BCUT2D eigenvalue weighted by atomic mass is 10.1. The number of primary amides is 1. The van der Waals surface area contributed by atoms with Gasteiger partial charge in [0.1, 0.15) is 11.4 Å². The zero-order valence-corrected chi connectivity index (χ0v) is 15.1. The zero-order chi connectivity index (χ0) is 18.4. The Morgan fingerprint density at radius 3 is 2.80 bits per heavy atom. The molecular formula is C18H27N3O4. The summed E-state index contributed by atoms with van der Waals surface area (Å²) in [4.78, 5) is 24.8. The molecule has 1 aromatic carbocycles. The Kier molecular flexibility index (Phi) is 6.12. The van der Waals surface area contributed by atoms with E-state index in [1.54, 1.807) is 11.0 Å². The van der Waals surface area contributed by atoms with Crippen LogP contribution in [0.5, 0.6) is 5.75 Å². The standard InChI is InChI=1S/C18H27N3O4/c1-18(2,3)25-17(23)21-9-5-7-14(11-21)20-13-6-4-8-15(10-13)24-12-16(19)22/h4,6,8,10,14,20H,5,7,9,11-12H2,1-3H3,(H2,19,22). The molecule has 1 fully saturated rings. The van der Waals surface area contributed by atoms with Gasteiger partial charge in [-0.3, -0.25) is 4.79 Å². The highest BCUT2D eigenvalue weighted by molar-refractivity contribution is 5.75. The van der Waals surface area contributed by atoms with Gasteiger partial charge in [0.2, 0.25) is 0 Å². The van der Waals surface area contributed by atoms with E-state index in [-0.39, 0.29) is 18.7 Å². The first kappa shape index (κ1) is 18.9. The second kappa shape index (κ2) is 8.09. The van der Waals surface area contributed by atoms with Gasteiger partial charge in [-0.25, -0.2) is 4.79 Å². The monoisotopic (exact) mass is 349 g/mol. The average molecular weight is 349 g/mol. The van der Waals surface area contributed by atoms with Crippen LogP contribution in [0.3, 0.4) is 0 Å². The number of carbonyl (C=O) groups is 2. The van der Waals surface area contributed by atoms with Crippen molar-refractivity contribution in [3.63, 3.8) is 0 Å². The van der Waals surface area contributed by atoms with Gasteiger partial charge in [-0.1, -0.05) is 6.07 Å². The number of nitrogens with two attached hydrogens (primary N) is 1. The van der Waals surface area contributed by atoms with Crippen molar-refractivity contribution in [3.8, 4) is 5.75 Å². The summed E-state index contributed by atoms with van der Waals surface area (Å²) in [5, 5.41) is 3.41. The molecule has 0 saturated carbocycles. The third kappa shape index (κ3) is 6.52. The molecule has 7 heteroatoms. The molecule has 0 bridgehead atoms. The van der Waals surface area contributed by atoms with Crippen LogP contribution in [-0.4, -0.2) is 48.2 Å². The Bertz CT molecular complexity index is 613. The van der Waals surface area contributed by atoms with E-state index in [1.165, 1.54) is 0 Å². The topological polar surface area (TPSA) is 93.9 Å². The van der Waals surface area contributed by atoms with Crippen LogP contribution in [0.4, 0.5) is 10.5 Å². The van der Waals surface area contributed by atoms with Crippen LogP contribution < -0.4 is 15.8 Å². The lowest BCUT2D eigenvalue weighted by Gasteiger charge is -2.34. The number of likely N-dealkylation sites (tertiary alicyclic amines) is 1. The molecule has 0 radical (unpaired) electrons. The van der Waals surface area contributed by atoms with E-state index < -0.39 is 11.5 Å². The minimum atomic E-state index is -0.515. The molecule has 1 aliphatic heterocycles. The third-order valence-corrected chi connectivity index (χ3v) is 3.66. The maximum absolute atomic E-state index is 12.2. The van der Waals surface area contributed by atoms with Crippen LogP contribution >= 0.6 is 0 Å². The Hall–Kier alpha value is -2.44. The van der Waals surface area contributed by atoms with Gasteiger partial charge in [-0.2, -0.15) is 0 Å². The molecule has 1 saturated heterocycles. The number of amides is 2. The fourth-order valence-corrected chi connectivity index (χ4v) is 2.65. The van der Waals surface area contributed by atoms with E-state index in [4.69, 9.17) is 15.2 Å². The van der Waals surface area contributed by atoms with Crippen LogP contribution in [0.1, 0.15) is 33.6 Å². The van der Waals surface area contributed by atoms with E-state index >= 15 is 0 Å². The molecule has 0 aromatic heterocycles. The van der Waals surface area contributed by atoms with Crippen molar-refractivity contribution in [1.29, 1.82) is 0 Å². The number of anilines is 1. The second-order valence-corrected chi connectivity index (χ2v) is 7.19. The first-order valence-corrected chi connectivity index (χ1v) is 8.48. The predicted octanol–water partition coefficient (Wildman–Crippen LogP) is 2.36. The van der Waals surface area contributed by atoms with Crippen LogP contribution in [0.25, 0.3) is 0 Å². The van der Waals surface area contributed by atoms with Gasteiger partial charge in [-0.05, 0) is 45.7 Å². The first-order valence-electron chi connectivity index (χ1n) is 8.48. The summed E-state index contributed by atoms with van der Waals surface area (Å²) < 4.78 is 10.8. The fraction of sp³-hybridized carbons (Fsp3) is 0.556. The number of hydrogen-bond acceptors (Lipinski definition) is 5. The van der Waals surface area contributed by atoms with Gasteiger partial charge in [0.25, 0.3) is 5.91 Å². The van der Waals surface area contributed by atoms with Crippen molar-refractivity contribution >= 4 is 17.7 Å². The van der Waals surface area contributed by atoms with E-state index in [0.29, 0.717) is 18.8 Å². The summed E-state index contributed by atoms with van der Waals surface area (Å²) >= 11 is 0. The molecule has 1 aliphatic rings. The molecule has 1 unspecified atom stereocenters. The normalized spacial score (nSPS) is 17.7. The van der Waals surface area contributed by atoms with Crippen LogP contribution in [0, 0.1) is 0 Å². The lowest BCUT2D eigenvalue weighted by molar-refractivity contribution is -0.119. The third-order valence-electron chi connectivity index (χ3n) is 3.66. The van der Waals surface area contributed by atoms with Crippen LogP contribution in [0.15, 0.2) is 24.3 Å². The number of nitrogens with one attached hydrogen (secondary N) is 1. The van der Waals surface area contributed by atoms with Gasteiger partial charge >= 0.3 is 6.09 Å². The number of nitrogens with zero attached hydrogens (tertiary/aromatic N) is 1. The van der Waals surface area contributed by atoms with Gasteiger partial charge in [-0.15, -0.1) is 0 Å². The highest BCUT2D eigenvalue weighted by atomic mass is 16.6. The largest absolute Gasteiger partial charge is 0.484 e. The van der Waals surface area contributed by atoms with Gasteiger partial charge in [0, 0.05) is 30.9 Å². The van der Waals surface area contributed by atoms with Crippen LogP contribution in [0.2, 0.25) is 0 Å². The summed E-state index contributed by atoms with van der Waals surface area (Å²) in [5.41, 5.74) is 5.46. The molecule has 25 heavy (non-hydrogen) atoms.